The van der Waals surface area contributed by atoms with Gasteiger partial charge in [0.15, 0.2) is 0 Å². The van der Waals surface area contributed by atoms with Gasteiger partial charge in [-0.25, -0.2) is 0 Å². The van der Waals surface area contributed by atoms with E-state index in [4.69, 9.17) is 14.2 Å². The number of amides is 1. The first kappa shape index (κ1) is 19.5. The van der Waals surface area contributed by atoms with E-state index >= 15 is 0 Å². The van der Waals surface area contributed by atoms with Crippen molar-refractivity contribution < 1.29 is 19.0 Å². The zero-order chi connectivity index (χ0) is 20.9. The molecule has 30 heavy (non-hydrogen) atoms. The van der Waals surface area contributed by atoms with Crippen LogP contribution in [0.5, 0.6) is 11.5 Å². The molecule has 0 aliphatic carbocycles. The molecule has 0 bridgehead atoms. The molecule has 4 rings (SSSR count). The van der Waals surface area contributed by atoms with Gasteiger partial charge in [0.05, 0.1) is 12.7 Å². The zero-order valence-electron chi connectivity index (χ0n) is 16.8. The van der Waals surface area contributed by atoms with Crippen molar-refractivity contribution in [3.63, 3.8) is 0 Å². The van der Waals surface area contributed by atoms with Gasteiger partial charge in [0.1, 0.15) is 18.1 Å². The Morgan fingerprint density at radius 1 is 1.00 bits per heavy atom. The molecule has 0 spiro atoms. The highest BCUT2D eigenvalue weighted by Gasteiger charge is 2.35. The van der Waals surface area contributed by atoms with E-state index in [1.165, 1.54) is 11.9 Å². The van der Waals surface area contributed by atoms with Crippen molar-refractivity contribution in [1.82, 2.24) is 5.01 Å². The Labute approximate surface area is 175 Å². The number of carbonyl (C=O) groups is 1. The van der Waals surface area contributed by atoms with E-state index in [0.717, 1.165) is 22.4 Å². The molecule has 1 heterocycles. The minimum Gasteiger partial charge on any atom is -0.497 e. The van der Waals surface area contributed by atoms with Gasteiger partial charge in [0.25, 0.3) is 0 Å². The molecule has 0 fully saturated rings. The molecule has 0 saturated heterocycles. The highest BCUT2D eigenvalue weighted by molar-refractivity contribution is 5.96. The summed E-state index contributed by atoms with van der Waals surface area (Å²) < 4.78 is 17.4. The predicted molar refractivity (Wildman–Crippen MR) is 113 cm³/mol. The number of ether oxygens (including phenoxy) is 3. The fraction of sp³-hybridized carbons (Fsp3) is 0.167. The Morgan fingerprint density at radius 2 is 1.70 bits per heavy atom. The van der Waals surface area contributed by atoms with Gasteiger partial charge >= 0.3 is 0 Å². The van der Waals surface area contributed by atoms with Gasteiger partial charge in [-0.2, -0.15) is 5.01 Å². The number of para-hydroxylation sites is 1. The van der Waals surface area contributed by atoms with Crippen LogP contribution in [0, 0.1) is 0 Å². The van der Waals surface area contributed by atoms with Crippen LogP contribution in [0.2, 0.25) is 0 Å². The number of methoxy groups -OCH3 is 1. The van der Waals surface area contributed by atoms with Crippen molar-refractivity contribution in [2.75, 3.05) is 7.11 Å². The molecule has 1 aliphatic rings. The van der Waals surface area contributed by atoms with Gasteiger partial charge in [0, 0.05) is 12.5 Å². The van der Waals surface area contributed by atoms with Gasteiger partial charge in [-0.3, -0.25) is 4.79 Å². The van der Waals surface area contributed by atoms with Crippen LogP contribution in [0.15, 0.2) is 84.0 Å². The lowest BCUT2D eigenvalue weighted by Gasteiger charge is -2.22. The molecule has 152 valence electrons. The van der Waals surface area contributed by atoms with Gasteiger partial charge in [-0.1, -0.05) is 42.5 Å². The van der Waals surface area contributed by atoms with Gasteiger partial charge < -0.3 is 14.2 Å². The fourth-order valence-corrected chi connectivity index (χ4v) is 3.17. The molecule has 3 aromatic carbocycles. The van der Waals surface area contributed by atoms with Crippen LogP contribution in [-0.4, -0.2) is 23.9 Å². The second-order valence-corrected chi connectivity index (χ2v) is 6.78. The lowest BCUT2D eigenvalue weighted by Crippen LogP contribution is -2.25. The molecule has 0 N–H and O–H groups in total. The number of hydrazone groups is 1. The summed E-state index contributed by atoms with van der Waals surface area (Å²) in [5.74, 6) is 1.53. The van der Waals surface area contributed by atoms with Crippen LogP contribution in [0.4, 0.5) is 0 Å². The summed E-state index contributed by atoms with van der Waals surface area (Å²) in [6.45, 7) is 1.88. The first-order valence-corrected chi connectivity index (χ1v) is 9.61. The number of hydrogen-bond donors (Lipinski definition) is 0. The van der Waals surface area contributed by atoms with E-state index in [9.17, 15) is 4.79 Å². The van der Waals surface area contributed by atoms with Crippen molar-refractivity contribution in [1.29, 1.82) is 0 Å². The molecule has 6 heteroatoms. The second kappa shape index (κ2) is 8.69. The first-order chi connectivity index (χ1) is 14.7. The molecular weight excluding hydrogens is 380 g/mol. The Kier molecular flexibility index (Phi) is 5.66. The standard InChI is InChI=1S/C24H22N2O4/c1-17(27)26-24(30-23(25-26)19-12-14-20(28-2)15-13-19)21-10-6-7-11-22(21)29-16-18-8-4-3-5-9-18/h3-15,24H,16H2,1-2H3. The average Bonchev–Trinajstić information content (AvgIpc) is 3.24. The monoisotopic (exact) mass is 402 g/mol. The summed E-state index contributed by atoms with van der Waals surface area (Å²) in [5, 5.41) is 5.75. The third kappa shape index (κ3) is 4.12. The smallest absolute Gasteiger partial charge is 0.243 e. The maximum Gasteiger partial charge on any atom is 0.243 e. The minimum atomic E-state index is -0.702. The van der Waals surface area contributed by atoms with Crippen LogP contribution in [0.1, 0.15) is 29.8 Å². The van der Waals surface area contributed by atoms with Crippen molar-refractivity contribution >= 4 is 11.8 Å². The van der Waals surface area contributed by atoms with E-state index in [2.05, 4.69) is 5.10 Å². The highest BCUT2D eigenvalue weighted by Crippen LogP contribution is 2.36. The average molecular weight is 402 g/mol. The van der Waals surface area contributed by atoms with E-state index in [1.54, 1.807) is 7.11 Å². The summed E-state index contributed by atoms with van der Waals surface area (Å²) in [6, 6.07) is 24.8. The molecule has 0 radical (unpaired) electrons. The van der Waals surface area contributed by atoms with E-state index in [1.807, 2.05) is 78.9 Å². The number of nitrogens with zero attached hydrogens (tertiary/aromatic N) is 2. The lowest BCUT2D eigenvalue weighted by atomic mass is 10.1. The number of rotatable bonds is 6. The van der Waals surface area contributed by atoms with E-state index in [-0.39, 0.29) is 5.91 Å². The molecule has 1 unspecified atom stereocenters. The van der Waals surface area contributed by atoms with Crippen LogP contribution < -0.4 is 9.47 Å². The largest absolute Gasteiger partial charge is 0.497 e. The van der Waals surface area contributed by atoms with Gasteiger partial charge in [-0.15, -0.1) is 5.10 Å². The zero-order valence-corrected chi connectivity index (χ0v) is 16.8. The summed E-state index contributed by atoms with van der Waals surface area (Å²) >= 11 is 0. The minimum absolute atomic E-state index is 0.221. The van der Waals surface area contributed by atoms with Crippen LogP contribution >= 0.6 is 0 Å². The Bertz CT molecular complexity index is 1050. The summed E-state index contributed by atoms with van der Waals surface area (Å²) in [7, 11) is 1.61. The second-order valence-electron chi connectivity index (χ2n) is 6.78. The Hall–Kier alpha value is -3.80. The molecule has 1 aliphatic heterocycles. The van der Waals surface area contributed by atoms with Gasteiger partial charge in [0.2, 0.25) is 18.0 Å². The first-order valence-electron chi connectivity index (χ1n) is 9.61. The molecular formula is C24H22N2O4. The molecule has 1 atom stereocenters. The van der Waals surface area contributed by atoms with E-state index < -0.39 is 6.23 Å². The van der Waals surface area contributed by atoms with Crippen molar-refractivity contribution in [3.05, 3.63) is 95.6 Å². The summed E-state index contributed by atoms with van der Waals surface area (Å²) in [4.78, 5) is 12.3. The topological polar surface area (TPSA) is 60.4 Å². The molecule has 0 aromatic heterocycles. The van der Waals surface area contributed by atoms with Crippen LogP contribution in [-0.2, 0) is 16.1 Å². The van der Waals surface area contributed by atoms with Crippen LogP contribution in [0.3, 0.4) is 0 Å². The van der Waals surface area contributed by atoms with Crippen molar-refractivity contribution in [2.45, 2.75) is 19.8 Å². The van der Waals surface area contributed by atoms with Crippen molar-refractivity contribution in [2.24, 2.45) is 5.10 Å². The maximum atomic E-state index is 12.3. The Morgan fingerprint density at radius 3 is 2.40 bits per heavy atom. The maximum absolute atomic E-state index is 12.3. The summed E-state index contributed by atoms with van der Waals surface area (Å²) in [5.41, 5.74) is 2.54. The fourth-order valence-electron chi connectivity index (χ4n) is 3.17. The summed E-state index contributed by atoms with van der Waals surface area (Å²) in [6.07, 6.45) is -0.702. The van der Waals surface area contributed by atoms with Crippen molar-refractivity contribution in [3.8, 4) is 11.5 Å². The Balaban J connectivity index is 1.59. The predicted octanol–water partition coefficient (Wildman–Crippen LogP) is 4.51. The van der Waals surface area contributed by atoms with Crippen LogP contribution in [0.25, 0.3) is 0 Å². The number of hydrogen-bond acceptors (Lipinski definition) is 5. The lowest BCUT2D eigenvalue weighted by molar-refractivity contribution is -0.135. The molecule has 0 saturated carbocycles. The van der Waals surface area contributed by atoms with Gasteiger partial charge in [-0.05, 0) is 42.0 Å². The quantitative estimate of drug-likeness (QED) is 0.609. The van der Waals surface area contributed by atoms with E-state index in [0.29, 0.717) is 18.3 Å². The normalized spacial score (nSPS) is 15.3. The number of benzene rings is 3. The SMILES string of the molecule is COc1ccc(C2=NN(C(C)=O)C(c3ccccc3OCc3ccccc3)O2)cc1. The third-order valence-corrected chi connectivity index (χ3v) is 4.73. The molecule has 6 nitrogen and oxygen atoms in total. The highest BCUT2D eigenvalue weighted by atomic mass is 16.5. The number of carbonyl (C=O) groups excluding carboxylic acids is 1. The molecule has 1 amide bonds. The third-order valence-electron chi connectivity index (χ3n) is 4.73. The molecule has 3 aromatic rings.